The van der Waals surface area contributed by atoms with Gasteiger partial charge in [-0.25, -0.2) is 4.98 Å². The van der Waals surface area contributed by atoms with Gasteiger partial charge in [0.25, 0.3) is 0 Å². The number of anilines is 2. The molecular weight excluding hydrogens is 316 g/mol. The molecule has 1 aromatic carbocycles. The van der Waals surface area contributed by atoms with Gasteiger partial charge >= 0.3 is 0 Å². The maximum Gasteiger partial charge on any atom is 0.187 e. The lowest BCUT2D eigenvalue weighted by atomic mass is 10.1. The maximum atomic E-state index is 6.22. The van der Waals surface area contributed by atoms with Crippen LogP contribution in [-0.4, -0.2) is 24.3 Å². The van der Waals surface area contributed by atoms with E-state index >= 15 is 0 Å². The Morgan fingerprint density at radius 2 is 2.14 bits per heavy atom. The minimum absolute atomic E-state index is 0.528. The Morgan fingerprint density at radius 3 is 2.91 bits per heavy atom. The maximum absolute atomic E-state index is 6.22. The first-order valence-corrected chi connectivity index (χ1v) is 8.69. The molecule has 0 atom stereocenters. The molecule has 6 heteroatoms. The molecule has 1 aliphatic heterocycles. The zero-order valence-corrected chi connectivity index (χ0v) is 14.1. The molecule has 0 radical (unpaired) electrons. The Bertz CT molecular complexity index is 662. The highest BCUT2D eigenvalue weighted by molar-refractivity contribution is 7.17. The second-order valence-electron chi connectivity index (χ2n) is 5.44. The summed E-state index contributed by atoms with van der Waals surface area (Å²) in [5.41, 5.74) is 5.19. The van der Waals surface area contributed by atoms with Crippen LogP contribution in [0, 0.1) is 6.92 Å². The molecule has 116 valence electrons. The van der Waals surface area contributed by atoms with Gasteiger partial charge in [0.15, 0.2) is 10.3 Å². The van der Waals surface area contributed by atoms with E-state index in [0.29, 0.717) is 5.15 Å². The summed E-state index contributed by atoms with van der Waals surface area (Å²) in [6, 6.07) is 8.09. The molecule has 0 spiro atoms. The first kappa shape index (κ1) is 15.3. The first-order chi connectivity index (χ1) is 10.7. The Morgan fingerprint density at radius 1 is 1.32 bits per heavy atom. The standard InChI is InChI=1S/C16H19ClN4S/c1-12-6-5-7-13(10-12)20-18-11-14-15(17)19-16(22-14)21-8-3-2-4-9-21/h5-7,10-11,20H,2-4,8-9H2,1H3/b18-11-. The highest BCUT2D eigenvalue weighted by Crippen LogP contribution is 2.30. The average Bonchev–Trinajstić information content (AvgIpc) is 2.90. The highest BCUT2D eigenvalue weighted by atomic mass is 35.5. The summed E-state index contributed by atoms with van der Waals surface area (Å²) < 4.78 is 0. The van der Waals surface area contributed by atoms with Crippen LogP contribution in [0.1, 0.15) is 29.7 Å². The van der Waals surface area contributed by atoms with Crippen LogP contribution in [0.15, 0.2) is 29.4 Å². The summed E-state index contributed by atoms with van der Waals surface area (Å²) in [6.07, 6.45) is 5.52. The quantitative estimate of drug-likeness (QED) is 0.659. The monoisotopic (exact) mass is 334 g/mol. The third kappa shape index (κ3) is 3.78. The summed E-state index contributed by atoms with van der Waals surface area (Å²) >= 11 is 7.82. The van der Waals surface area contributed by atoms with Crippen molar-refractivity contribution in [3.05, 3.63) is 39.9 Å². The van der Waals surface area contributed by atoms with Gasteiger partial charge in [0.2, 0.25) is 0 Å². The van der Waals surface area contributed by atoms with Crippen LogP contribution >= 0.6 is 22.9 Å². The van der Waals surface area contributed by atoms with E-state index in [0.717, 1.165) is 28.8 Å². The lowest BCUT2D eigenvalue weighted by Gasteiger charge is -2.25. The minimum Gasteiger partial charge on any atom is -0.348 e. The van der Waals surface area contributed by atoms with Crippen molar-refractivity contribution in [2.45, 2.75) is 26.2 Å². The third-order valence-electron chi connectivity index (χ3n) is 3.62. The lowest BCUT2D eigenvalue weighted by molar-refractivity contribution is 0.577. The van der Waals surface area contributed by atoms with E-state index in [4.69, 9.17) is 11.6 Å². The van der Waals surface area contributed by atoms with E-state index < -0.39 is 0 Å². The second-order valence-corrected chi connectivity index (χ2v) is 6.81. The zero-order chi connectivity index (χ0) is 15.4. The molecule has 3 rings (SSSR count). The van der Waals surface area contributed by atoms with Gasteiger partial charge in [-0.1, -0.05) is 35.1 Å². The van der Waals surface area contributed by atoms with Gasteiger partial charge in [-0.2, -0.15) is 5.10 Å². The molecule has 1 aromatic heterocycles. The topological polar surface area (TPSA) is 40.5 Å². The fourth-order valence-electron chi connectivity index (χ4n) is 2.48. The number of piperidine rings is 1. The van der Waals surface area contributed by atoms with Crippen LogP contribution in [0.3, 0.4) is 0 Å². The number of nitrogens with zero attached hydrogens (tertiary/aromatic N) is 3. The molecule has 1 N–H and O–H groups in total. The molecule has 1 saturated heterocycles. The van der Waals surface area contributed by atoms with Crippen LogP contribution in [0.4, 0.5) is 10.8 Å². The van der Waals surface area contributed by atoms with Crippen LogP contribution in [-0.2, 0) is 0 Å². The van der Waals surface area contributed by atoms with Crippen molar-refractivity contribution in [1.29, 1.82) is 0 Å². The number of hydrogen-bond donors (Lipinski definition) is 1. The SMILES string of the molecule is Cc1cccc(N/N=C\c2sc(N3CCCCC3)nc2Cl)c1. The van der Waals surface area contributed by atoms with Gasteiger partial charge in [-0.15, -0.1) is 0 Å². The number of rotatable bonds is 4. The van der Waals surface area contributed by atoms with Crippen molar-refractivity contribution in [3.63, 3.8) is 0 Å². The number of thiazole rings is 1. The Hall–Kier alpha value is -1.59. The smallest absolute Gasteiger partial charge is 0.187 e. The van der Waals surface area contributed by atoms with Gasteiger partial charge in [0.1, 0.15) is 0 Å². The Kier molecular flexibility index (Phi) is 4.95. The molecule has 0 unspecified atom stereocenters. The van der Waals surface area contributed by atoms with Crippen molar-refractivity contribution >= 4 is 40.0 Å². The fraction of sp³-hybridized carbons (Fsp3) is 0.375. The molecule has 2 aromatic rings. The van der Waals surface area contributed by atoms with Crippen molar-refractivity contribution in [2.75, 3.05) is 23.4 Å². The number of halogens is 1. The Balaban J connectivity index is 1.67. The summed E-state index contributed by atoms with van der Waals surface area (Å²) in [5, 5.41) is 5.79. The van der Waals surface area contributed by atoms with Crippen LogP contribution in [0.5, 0.6) is 0 Å². The van der Waals surface area contributed by atoms with E-state index in [9.17, 15) is 0 Å². The molecule has 0 saturated carbocycles. The normalized spacial score (nSPS) is 15.5. The molecule has 0 amide bonds. The largest absolute Gasteiger partial charge is 0.348 e. The number of hydrogen-bond acceptors (Lipinski definition) is 5. The fourth-order valence-corrected chi connectivity index (χ4v) is 3.66. The molecule has 2 heterocycles. The average molecular weight is 335 g/mol. The predicted octanol–water partition coefficient (Wildman–Crippen LogP) is 4.54. The second kappa shape index (κ2) is 7.11. The summed E-state index contributed by atoms with van der Waals surface area (Å²) in [6.45, 7) is 4.20. The number of aryl methyl sites for hydroxylation is 1. The number of aromatic nitrogens is 1. The van der Waals surface area contributed by atoms with Gasteiger partial charge < -0.3 is 4.90 Å². The van der Waals surface area contributed by atoms with Crippen molar-refractivity contribution in [2.24, 2.45) is 5.10 Å². The van der Waals surface area contributed by atoms with E-state index in [1.807, 2.05) is 18.2 Å². The molecule has 1 fully saturated rings. The highest BCUT2D eigenvalue weighted by Gasteiger charge is 2.16. The summed E-state index contributed by atoms with van der Waals surface area (Å²) in [7, 11) is 0. The van der Waals surface area contributed by atoms with Crippen molar-refractivity contribution < 1.29 is 0 Å². The molecule has 0 bridgehead atoms. The minimum atomic E-state index is 0.528. The number of benzene rings is 1. The van der Waals surface area contributed by atoms with E-state index in [1.165, 1.54) is 24.8 Å². The van der Waals surface area contributed by atoms with Crippen molar-refractivity contribution in [3.8, 4) is 0 Å². The van der Waals surface area contributed by atoms with Gasteiger partial charge in [-0.3, -0.25) is 5.43 Å². The predicted molar refractivity (Wildman–Crippen MR) is 95.6 cm³/mol. The summed E-state index contributed by atoms with van der Waals surface area (Å²) in [4.78, 5) is 7.67. The Labute approximate surface area is 139 Å². The van der Waals surface area contributed by atoms with Crippen LogP contribution in [0.25, 0.3) is 0 Å². The van der Waals surface area contributed by atoms with E-state index in [1.54, 1.807) is 17.6 Å². The molecule has 1 aliphatic rings. The third-order valence-corrected chi connectivity index (χ3v) is 5.07. The number of nitrogens with one attached hydrogen (secondary N) is 1. The van der Waals surface area contributed by atoms with Crippen LogP contribution < -0.4 is 10.3 Å². The van der Waals surface area contributed by atoms with Gasteiger partial charge in [-0.05, 0) is 43.9 Å². The lowest BCUT2D eigenvalue weighted by Crippen LogP contribution is -2.29. The van der Waals surface area contributed by atoms with Gasteiger partial charge in [0, 0.05) is 13.1 Å². The molecule has 0 aliphatic carbocycles. The zero-order valence-electron chi connectivity index (χ0n) is 12.6. The summed E-state index contributed by atoms with van der Waals surface area (Å²) in [5.74, 6) is 0. The number of hydrazone groups is 1. The molecule has 22 heavy (non-hydrogen) atoms. The van der Waals surface area contributed by atoms with Crippen molar-refractivity contribution in [1.82, 2.24) is 4.98 Å². The molecular formula is C16H19ClN4S. The van der Waals surface area contributed by atoms with E-state index in [-0.39, 0.29) is 0 Å². The van der Waals surface area contributed by atoms with E-state index in [2.05, 4.69) is 33.4 Å². The van der Waals surface area contributed by atoms with Crippen LogP contribution in [0.2, 0.25) is 5.15 Å². The first-order valence-electron chi connectivity index (χ1n) is 7.49. The molecule has 4 nitrogen and oxygen atoms in total. The van der Waals surface area contributed by atoms with Gasteiger partial charge in [0.05, 0.1) is 16.8 Å².